The Morgan fingerprint density at radius 2 is 1.81 bits per heavy atom. The lowest BCUT2D eigenvalue weighted by molar-refractivity contribution is 0.108. The Morgan fingerprint density at radius 3 is 2.61 bits per heavy atom. The van der Waals surface area contributed by atoms with E-state index in [4.69, 9.17) is 4.74 Å². The Morgan fingerprint density at radius 1 is 1.00 bits per heavy atom. The molecule has 0 saturated heterocycles. The van der Waals surface area contributed by atoms with Crippen LogP contribution in [0.15, 0.2) is 18.2 Å². The molecule has 1 aliphatic heterocycles. The highest BCUT2D eigenvalue weighted by Crippen LogP contribution is 2.45. The van der Waals surface area contributed by atoms with Gasteiger partial charge in [0.05, 0.1) is 25.4 Å². The number of aliphatic hydroxyl groups is 1. The van der Waals surface area contributed by atoms with Gasteiger partial charge in [-0.1, -0.05) is 18.9 Å². The summed E-state index contributed by atoms with van der Waals surface area (Å²) in [5, 5.41) is 33.4. The molecule has 31 heavy (non-hydrogen) atoms. The van der Waals surface area contributed by atoms with E-state index in [2.05, 4.69) is 15.5 Å². The average molecular weight is 429 g/mol. The standard InChI is InChI=1S/C23H25F2N3O3/c24-22(25)15-7-6-14-12(15)5-8-16(21(14)30)20-13-9-10-31-11-17(13)23(28-27-20)26-18-3-1-2-4-19(18)29/h5,8,18-19,29-30H,1-4,6-7,9-11H2,(H,26,28)/t18-,19-/m1/s1. The fourth-order valence-corrected chi connectivity index (χ4v) is 5.01. The fourth-order valence-electron chi connectivity index (χ4n) is 5.01. The van der Waals surface area contributed by atoms with Gasteiger partial charge in [-0.2, -0.15) is 8.78 Å². The normalized spacial score (nSPS) is 22.7. The largest absolute Gasteiger partial charge is 0.507 e. The first-order chi connectivity index (χ1) is 15.0. The molecule has 2 aromatic rings. The van der Waals surface area contributed by atoms with Crippen molar-refractivity contribution >= 4 is 11.4 Å². The molecular formula is C23H25F2N3O3. The highest BCUT2D eigenvalue weighted by atomic mass is 19.3. The molecule has 3 N–H and O–H groups in total. The lowest BCUT2D eigenvalue weighted by Crippen LogP contribution is -2.37. The second kappa shape index (κ2) is 8.16. The first-order valence-corrected chi connectivity index (χ1v) is 10.8. The molecule has 0 amide bonds. The number of fused-ring (bicyclic) bond motifs is 2. The van der Waals surface area contributed by atoms with Gasteiger partial charge in [0.25, 0.3) is 6.08 Å². The van der Waals surface area contributed by atoms with Crippen LogP contribution in [0.25, 0.3) is 16.8 Å². The smallest absolute Gasteiger partial charge is 0.274 e. The number of phenolic OH excluding ortho intramolecular Hbond substituents is 1. The summed E-state index contributed by atoms with van der Waals surface area (Å²) in [5.41, 5.74) is 3.84. The summed E-state index contributed by atoms with van der Waals surface area (Å²) in [4.78, 5) is 0. The van der Waals surface area contributed by atoms with E-state index in [0.29, 0.717) is 54.3 Å². The number of aromatic hydroxyl groups is 1. The number of halogens is 2. The summed E-state index contributed by atoms with van der Waals surface area (Å²) in [6, 6.07) is 3.22. The van der Waals surface area contributed by atoms with Crippen molar-refractivity contribution in [2.45, 2.75) is 63.7 Å². The van der Waals surface area contributed by atoms with Crippen LogP contribution in [0.4, 0.5) is 14.6 Å². The minimum atomic E-state index is -1.69. The third-order valence-electron chi connectivity index (χ3n) is 6.70. The zero-order chi connectivity index (χ0) is 21.5. The first kappa shape index (κ1) is 20.3. The summed E-state index contributed by atoms with van der Waals surface area (Å²) in [6.45, 7) is 0.900. The molecule has 0 unspecified atom stereocenters. The molecule has 1 saturated carbocycles. The van der Waals surface area contributed by atoms with Crippen molar-refractivity contribution < 1.29 is 23.7 Å². The molecule has 1 fully saturated rings. The van der Waals surface area contributed by atoms with Crippen molar-refractivity contribution in [3.63, 3.8) is 0 Å². The summed E-state index contributed by atoms with van der Waals surface area (Å²) < 4.78 is 32.1. The van der Waals surface area contributed by atoms with Crippen molar-refractivity contribution in [1.82, 2.24) is 10.2 Å². The molecule has 1 aromatic carbocycles. The third-order valence-corrected chi connectivity index (χ3v) is 6.70. The van der Waals surface area contributed by atoms with Gasteiger partial charge in [-0.05, 0) is 49.3 Å². The number of allylic oxidation sites excluding steroid dienone is 1. The van der Waals surface area contributed by atoms with Crippen LogP contribution in [0, 0.1) is 0 Å². The third kappa shape index (κ3) is 3.57. The Kier molecular flexibility index (Phi) is 5.35. The molecule has 2 aliphatic carbocycles. The van der Waals surface area contributed by atoms with Crippen molar-refractivity contribution in [3.05, 3.63) is 40.5 Å². The van der Waals surface area contributed by atoms with E-state index in [9.17, 15) is 19.0 Å². The molecule has 1 aromatic heterocycles. The summed E-state index contributed by atoms with van der Waals surface area (Å²) in [7, 11) is 0. The van der Waals surface area contributed by atoms with Crippen LogP contribution in [-0.4, -0.2) is 39.2 Å². The monoisotopic (exact) mass is 429 g/mol. The van der Waals surface area contributed by atoms with E-state index in [1.165, 1.54) is 0 Å². The van der Waals surface area contributed by atoms with Crippen LogP contribution in [0.5, 0.6) is 5.75 Å². The quantitative estimate of drug-likeness (QED) is 0.678. The van der Waals surface area contributed by atoms with E-state index in [1.807, 2.05) is 0 Å². The van der Waals surface area contributed by atoms with Crippen molar-refractivity contribution in [3.8, 4) is 17.0 Å². The Hall–Kier alpha value is -2.58. The van der Waals surface area contributed by atoms with Crippen LogP contribution < -0.4 is 5.32 Å². The molecule has 2 atom stereocenters. The molecular weight excluding hydrogens is 404 g/mol. The number of nitrogens with one attached hydrogen (secondary N) is 1. The average Bonchev–Trinajstić information content (AvgIpc) is 3.22. The summed E-state index contributed by atoms with van der Waals surface area (Å²) >= 11 is 0. The van der Waals surface area contributed by atoms with E-state index in [0.717, 1.165) is 36.8 Å². The molecule has 0 radical (unpaired) electrons. The highest BCUT2D eigenvalue weighted by Gasteiger charge is 2.30. The zero-order valence-electron chi connectivity index (χ0n) is 17.1. The van der Waals surface area contributed by atoms with Crippen molar-refractivity contribution in [1.29, 1.82) is 0 Å². The number of rotatable bonds is 3. The minimum absolute atomic E-state index is 0.000142. The molecule has 3 aliphatic rings. The van der Waals surface area contributed by atoms with Crippen LogP contribution in [-0.2, 0) is 24.2 Å². The molecule has 8 heteroatoms. The Balaban J connectivity index is 1.55. The molecule has 2 heterocycles. The van der Waals surface area contributed by atoms with Gasteiger partial charge >= 0.3 is 0 Å². The van der Waals surface area contributed by atoms with Crippen LogP contribution in [0.3, 0.4) is 0 Å². The van der Waals surface area contributed by atoms with Crippen molar-refractivity contribution in [2.24, 2.45) is 0 Å². The maximum Gasteiger partial charge on any atom is 0.274 e. The van der Waals surface area contributed by atoms with Crippen LogP contribution in [0.2, 0.25) is 0 Å². The number of ether oxygens (including phenoxy) is 1. The second-order valence-electron chi connectivity index (χ2n) is 8.49. The van der Waals surface area contributed by atoms with Gasteiger partial charge in [-0.3, -0.25) is 0 Å². The van der Waals surface area contributed by atoms with E-state index < -0.39 is 12.2 Å². The second-order valence-corrected chi connectivity index (χ2v) is 8.49. The summed E-state index contributed by atoms with van der Waals surface area (Å²) in [5.74, 6) is 0.606. The predicted octanol–water partition coefficient (Wildman–Crippen LogP) is 4.19. The molecule has 5 rings (SSSR count). The number of hydrogen-bond acceptors (Lipinski definition) is 6. The topological polar surface area (TPSA) is 87.5 Å². The van der Waals surface area contributed by atoms with Gasteiger partial charge in [0.15, 0.2) is 5.82 Å². The zero-order valence-corrected chi connectivity index (χ0v) is 17.1. The number of hydrogen-bond donors (Lipinski definition) is 3. The fraction of sp³-hybridized carbons (Fsp3) is 0.478. The number of anilines is 1. The van der Waals surface area contributed by atoms with Gasteiger partial charge in [-0.15, -0.1) is 10.2 Å². The lowest BCUT2D eigenvalue weighted by atomic mass is 9.91. The number of aliphatic hydroxyl groups excluding tert-OH is 1. The summed E-state index contributed by atoms with van der Waals surface area (Å²) in [6.07, 6.45) is 2.80. The number of benzene rings is 1. The van der Waals surface area contributed by atoms with Crippen LogP contribution >= 0.6 is 0 Å². The van der Waals surface area contributed by atoms with Gasteiger partial charge in [0.2, 0.25) is 0 Å². The molecule has 0 spiro atoms. The number of phenols is 1. The minimum Gasteiger partial charge on any atom is -0.507 e. The highest BCUT2D eigenvalue weighted by molar-refractivity contribution is 5.82. The van der Waals surface area contributed by atoms with Gasteiger partial charge < -0.3 is 20.3 Å². The molecule has 0 bridgehead atoms. The number of nitrogens with zero attached hydrogens (tertiary/aromatic N) is 2. The Bertz CT molecular complexity index is 1050. The number of aromatic nitrogens is 2. The van der Waals surface area contributed by atoms with Gasteiger partial charge in [0.1, 0.15) is 11.4 Å². The van der Waals surface area contributed by atoms with E-state index in [-0.39, 0.29) is 23.8 Å². The van der Waals surface area contributed by atoms with Gasteiger partial charge in [0, 0.05) is 22.3 Å². The lowest BCUT2D eigenvalue weighted by Gasteiger charge is -2.30. The maximum atomic E-state index is 13.2. The predicted molar refractivity (Wildman–Crippen MR) is 112 cm³/mol. The maximum absolute atomic E-state index is 13.2. The first-order valence-electron chi connectivity index (χ1n) is 10.8. The Labute approximate surface area is 179 Å². The van der Waals surface area contributed by atoms with Gasteiger partial charge in [-0.25, -0.2) is 0 Å². The van der Waals surface area contributed by atoms with Crippen molar-refractivity contribution in [2.75, 3.05) is 11.9 Å². The SMILES string of the molecule is Oc1c(-c2nnc(N[C@@H]3CCCC[C@H]3O)c3c2CCOC3)ccc2c1CCC2=C(F)F. The van der Waals surface area contributed by atoms with E-state index >= 15 is 0 Å². The molecule has 6 nitrogen and oxygen atoms in total. The van der Waals surface area contributed by atoms with Crippen LogP contribution in [0.1, 0.15) is 54.4 Å². The molecule has 164 valence electrons. The van der Waals surface area contributed by atoms with E-state index in [1.54, 1.807) is 12.1 Å².